The fourth-order valence-corrected chi connectivity index (χ4v) is 3.11. The van der Waals surface area contributed by atoms with Gasteiger partial charge in [0.25, 0.3) is 0 Å². The third-order valence-electron chi connectivity index (χ3n) is 4.29. The van der Waals surface area contributed by atoms with Crippen molar-refractivity contribution in [2.45, 2.75) is 31.6 Å². The van der Waals surface area contributed by atoms with Crippen LogP contribution < -0.4 is 0 Å². The number of rotatable bonds is 3. The minimum absolute atomic E-state index is 0.192. The zero-order valence-electron chi connectivity index (χ0n) is 12.5. The van der Waals surface area contributed by atoms with E-state index in [4.69, 9.17) is 0 Å². The molecule has 0 N–H and O–H groups in total. The van der Waals surface area contributed by atoms with Crippen molar-refractivity contribution in [2.75, 3.05) is 6.54 Å². The molecular formula is C18H17F4N. The normalized spacial score (nSPS) is 19.2. The average molecular weight is 323 g/mol. The predicted molar refractivity (Wildman–Crippen MR) is 80.2 cm³/mol. The molecule has 0 radical (unpaired) electrons. The van der Waals surface area contributed by atoms with Crippen molar-refractivity contribution in [1.82, 2.24) is 4.90 Å². The predicted octanol–water partition coefficient (Wildman–Crippen LogP) is 5.18. The van der Waals surface area contributed by atoms with Gasteiger partial charge in [0, 0.05) is 12.6 Å². The molecule has 0 bridgehead atoms. The maximum absolute atomic E-state index is 13.0. The van der Waals surface area contributed by atoms with Crippen molar-refractivity contribution in [3.05, 3.63) is 71.0 Å². The second-order valence-electron chi connectivity index (χ2n) is 5.87. The molecule has 3 rings (SSSR count). The van der Waals surface area contributed by atoms with Gasteiger partial charge in [-0.3, -0.25) is 4.90 Å². The van der Waals surface area contributed by atoms with Crippen molar-refractivity contribution < 1.29 is 17.6 Å². The van der Waals surface area contributed by atoms with E-state index in [0.717, 1.165) is 42.6 Å². The molecule has 1 heterocycles. The number of halogens is 4. The average Bonchev–Trinajstić information content (AvgIpc) is 2.96. The van der Waals surface area contributed by atoms with E-state index in [1.807, 2.05) is 0 Å². The highest BCUT2D eigenvalue weighted by Crippen LogP contribution is 2.34. The van der Waals surface area contributed by atoms with Gasteiger partial charge in [-0.1, -0.05) is 24.3 Å². The van der Waals surface area contributed by atoms with Crippen LogP contribution in [-0.2, 0) is 12.7 Å². The molecule has 1 aliphatic rings. The molecule has 0 saturated carbocycles. The van der Waals surface area contributed by atoms with Crippen molar-refractivity contribution in [1.29, 1.82) is 0 Å². The number of alkyl halides is 3. The van der Waals surface area contributed by atoms with E-state index in [0.29, 0.717) is 6.54 Å². The summed E-state index contributed by atoms with van der Waals surface area (Å²) in [7, 11) is 0. The summed E-state index contributed by atoms with van der Waals surface area (Å²) < 4.78 is 50.8. The van der Waals surface area contributed by atoms with Crippen molar-refractivity contribution >= 4 is 0 Å². The quantitative estimate of drug-likeness (QED) is 0.703. The zero-order chi connectivity index (χ0) is 16.4. The SMILES string of the molecule is Fc1ccc(C2CCCN2Cc2ccc(C(F)(F)F)cc2)cc1. The van der Waals surface area contributed by atoms with E-state index < -0.39 is 11.7 Å². The maximum Gasteiger partial charge on any atom is 0.416 e. The largest absolute Gasteiger partial charge is 0.416 e. The van der Waals surface area contributed by atoms with Gasteiger partial charge in [-0.15, -0.1) is 0 Å². The Kier molecular flexibility index (Phi) is 4.39. The molecule has 1 saturated heterocycles. The Bertz CT molecular complexity index is 646. The van der Waals surface area contributed by atoms with Crippen LogP contribution in [0, 0.1) is 5.82 Å². The van der Waals surface area contributed by atoms with Crippen LogP contribution in [0.15, 0.2) is 48.5 Å². The summed E-state index contributed by atoms with van der Waals surface area (Å²) in [5.41, 5.74) is 1.28. The third kappa shape index (κ3) is 3.72. The number of hydrogen-bond acceptors (Lipinski definition) is 1. The van der Waals surface area contributed by atoms with E-state index >= 15 is 0 Å². The second-order valence-corrected chi connectivity index (χ2v) is 5.87. The lowest BCUT2D eigenvalue weighted by Crippen LogP contribution is -2.22. The molecule has 0 amide bonds. The Morgan fingerprint density at radius 3 is 2.22 bits per heavy atom. The Balaban J connectivity index is 1.72. The molecule has 5 heteroatoms. The summed E-state index contributed by atoms with van der Waals surface area (Å²) in [6.07, 6.45) is -2.29. The van der Waals surface area contributed by atoms with Gasteiger partial charge < -0.3 is 0 Å². The minimum Gasteiger partial charge on any atom is -0.292 e. The van der Waals surface area contributed by atoms with E-state index in [9.17, 15) is 17.6 Å². The number of benzene rings is 2. The highest BCUT2D eigenvalue weighted by molar-refractivity contribution is 5.26. The van der Waals surface area contributed by atoms with Gasteiger partial charge >= 0.3 is 6.18 Å². The zero-order valence-corrected chi connectivity index (χ0v) is 12.5. The van der Waals surface area contributed by atoms with Crippen molar-refractivity contribution in [3.8, 4) is 0 Å². The Morgan fingerprint density at radius 1 is 0.957 bits per heavy atom. The first-order valence-electron chi connectivity index (χ1n) is 7.59. The molecule has 2 aromatic rings. The Morgan fingerprint density at radius 2 is 1.61 bits per heavy atom. The highest BCUT2D eigenvalue weighted by atomic mass is 19.4. The molecule has 2 aromatic carbocycles. The lowest BCUT2D eigenvalue weighted by molar-refractivity contribution is -0.137. The van der Waals surface area contributed by atoms with E-state index in [1.54, 1.807) is 12.1 Å². The molecule has 0 aliphatic carbocycles. The van der Waals surface area contributed by atoms with Crippen LogP contribution >= 0.6 is 0 Å². The molecule has 23 heavy (non-hydrogen) atoms. The standard InChI is InChI=1S/C18H17F4N/c19-16-9-5-14(6-10-16)17-2-1-11-23(17)12-13-3-7-15(8-4-13)18(20,21)22/h3-10,17H,1-2,11-12H2. The van der Waals surface area contributed by atoms with Crippen LogP contribution in [0.1, 0.15) is 35.6 Å². The van der Waals surface area contributed by atoms with Gasteiger partial charge in [0.1, 0.15) is 5.82 Å². The number of likely N-dealkylation sites (tertiary alicyclic amines) is 1. The summed E-state index contributed by atoms with van der Waals surface area (Å²) in [6, 6.07) is 12.0. The first-order chi connectivity index (χ1) is 10.9. The Hall–Kier alpha value is -1.88. The maximum atomic E-state index is 13.0. The van der Waals surface area contributed by atoms with Gasteiger partial charge in [-0.2, -0.15) is 13.2 Å². The third-order valence-corrected chi connectivity index (χ3v) is 4.29. The molecule has 1 aliphatic heterocycles. The molecule has 122 valence electrons. The van der Waals surface area contributed by atoms with Crippen LogP contribution in [-0.4, -0.2) is 11.4 Å². The lowest BCUT2D eigenvalue weighted by Gasteiger charge is -2.25. The molecule has 0 aromatic heterocycles. The summed E-state index contributed by atoms with van der Waals surface area (Å²) in [5.74, 6) is -0.263. The first kappa shape index (κ1) is 16.0. The van der Waals surface area contributed by atoms with Gasteiger partial charge in [0.05, 0.1) is 5.56 Å². The summed E-state index contributed by atoms with van der Waals surface area (Å²) >= 11 is 0. The fourth-order valence-electron chi connectivity index (χ4n) is 3.11. The summed E-state index contributed by atoms with van der Waals surface area (Å²) in [5, 5.41) is 0. The molecule has 1 nitrogen and oxygen atoms in total. The van der Waals surface area contributed by atoms with E-state index in [1.165, 1.54) is 24.3 Å². The number of hydrogen-bond donors (Lipinski definition) is 0. The van der Waals surface area contributed by atoms with Gasteiger partial charge in [-0.05, 0) is 54.8 Å². The summed E-state index contributed by atoms with van der Waals surface area (Å²) in [6.45, 7) is 1.49. The topological polar surface area (TPSA) is 3.24 Å². The smallest absolute Gasteiger partial charge is 0.292 e. The molecule has 1 atom stereocenters. The minimum atomic E-state index is -4.30. The number of nitrogens with zero attached hydrogens (tertiary/aromatic N) is 1. The second kappa shape index (κ2) is 6.32. The van der Waals surface area contributed by atoms with E-state index in [2.05, 4.69) is 4.90 Å². The van der Waals surface area contributed by atoms with Gasteiger partial charge in [0.15, 0.2) is 0 Å². The van der Waals surface area contributed by atoms with Crippen LogP contribution in [0.3, 0.4) is 0 Å². The van der Waals surface area contributed by atoms with Gasteiger partial charge in [0.2, 0.25) is 0 Å². The van der Waals surface area contributed by atoms with Crippen molar-refractivity contribution in [2.24, 2.45) is 0 Å². The highest BCUT2D eigenvalue weighted by Gasteiger charge is 2.30. The fraction of sp³-hybridized carbons (Fsp3) is 0.333. The molecule has 1 fully saturated rings. The first-order valence-corrected chi connectivity index (χ1v) is 7.59. The van der Waals surface area contributed by atoms with E-state index in [-0.39, 0.29) is 11.9 Å². The van der Waals surface area contributed by atoms with Crippen molar-refractivity contribution in [3.63, 3.8) is 0 Å². The monoisotopic (exact) mass is 323 g/mol. The molecule has 0 spiro atoms. The molecular weight excluding hydrogens is 306 g/mol. The van der Waals surface area contributed by atoms with Gasteiger partial charge in [-0.25, -0.2) is 4.39 Å². The van der Waals surface area contributed by atoms with Crippen LogP contribution in [0.4, 0.5) is 17.6 Å². The van der Waals surface area contributed by atoms with Crippen LogP contribution in [0.25, 0.3) is 0 Å². The Labute approximate surface area is 132 Å². The lowest BCUT2D eigenvalue weighted by atomic mass is 10.0. The van der Waals surface area contributed by atoms with Crippen LogP contribution in [0.5, 0.6) is 0 Å². The van der Waals surface area contributed by atoms with Crippen LogP contribution in [0.2, 0.25) is 0 Å². The molecule has 1 unspecified atom stereocenters. The summed E-state index contributed by atoms with van der Waals surface area (Å²) in [4.78, 5) is 2.23.